The van der Waals surface area contributed by atoms with Crippen molar-refractivity contribution < 1.29 is 22.7 Å². The molecule has 0 aliphatic carbocycles. The van der Waals surface area contributed by atoms with E-state index in [0.717, 1.165) is 0 Å². The largest absolute Gasteiger partial charge is 0.404 e. The molecule has 0 bridgehead atoms. The van der Waals surface area contributed by atoms with E-state index in [1.165, 1.54) is 14.0 Å². The van der Waals surface area contributed by atoms with Crippen LogP contribution in [0.1, 0.15) is 34.1 Å². The molecule has 1 aliphatic heterocycles. The van der Waals surface area contributed by atoms with Gasteiger partial charge in [-0.3, -0.25) is 10.1 Å². The van der Waals surface area contributed by atoms with Gasteiger partial charge in [-0.15, -0.1) is 0 Å². The summed E-state index contributed by atoms with van der Waals surface area (Å²) in [7, 11) is 1.32. The maximum atomic E-state index is 12.9. The fourth-order valence-corrected chi connectivity index (χ4v) is 2.57. The summed E-state index contributed by atoms with van der Waals surface area (Å²) in [4.78, 5) is 12.3. The number of carbonyl (C=O) groups is 1. The molecule has 1 heterocycles. The molecular weight excluding hydrogens is 259 g/mol. The van der Waals surface area contributed by atoms with Gasteiger partial charge in [-0.25, -0.2) is 0 Å². The number of piperidine rings is 1. The minimum Gasteiger partial charge on any atom is -0.366 e. The van der Waals surface area contributed by atoms with Crippen LogP contribution < -0.4 is 5.32 Å². The molecule has 0 radical (unpaired) electrons. The third kappa shape index (κ3) is 3.69. The second-order valence-corrected chi connectivity index (χ2v) is 6.28. The lowest BCUT2D eigenvalue weighted by Gasteiger charge is -2.42. The monoisotopic (exact) mass is 281 g/mol. The summed E-state index contributed by atoms with van der Waals surface area (Å²) in [5.74, 6) is -1.26. The van der Waals surface area contributed by atoms with Crippen LogP contribution in [0, 0.1) is 17.3 Å². The molecule has 19 heavy (non-hydrogen) atoms. The number of ketones is 1. The van der Waals surface area contributed by atoms with E-state index in [1.807, 2.05) is 0 Å². The number of hydrogen-bond donors (Lipinski definition) is 1. The number of nitrogens with one attached hydrogen (secondary N) is 1. The van der Waals surface area contributed by atoms with E-state index in [9.17, 15) is 18.0 Å². The Kier molecular flexibility index (Phi) is 4.67. The van der Waals surface area contributed by atoms with Crippen LogP contribution in [0.5, 0.6) is 0 Å². The summed E-state index contributed by atoms with van der Waals surface area (Å²) in [6.07, 6.45) is -5.02. The van der Waals surface area contributed by atoms with Crippen molar-refractivity contribution in [2.75, 3.05) is 7.11 Å². The molecule has 0 aromatic carbocycles. The molecule has 112 valence electrons. The number of Topliss-reactive ketones (excluding diaryl/α,β-unsaturated/α-hetero) is 1. The third-order valence-electron chi connectivity index (χ3n) is 3.59. The molecule has 1 fully saturated rings. The van der Waals surface area contributed by atoms with Crippen molar-refractivity contribution in [2.45, 2.75) is 52.6 Å². The summed E-state index contributed by atoms with van der Waals surface area (Å²) in [6.45, 7) is 6.81. The Morgan fingerprint density at radius 2 is 1.79 bits per heavy atom. The molecule has 0 saturated carbocycles. The van der Waals surface area contributed by atoms with Gasteiger partial charge in [-0.1, -0.05) is 27.7 Å². The van der Waals surface area contributed by atoms with Gasteiger partial charge in [0.15, 0.2) is 0 Å². The number of rotatable bonds is 2. The van der Waals surface area contributed by atoms with Crippen molar-refractivity contribution >= 4 is 5.78 Å². The van der Waals surface area contributed by atoms with E-state index < -0.39 is 35.7 Å². The van der Waals surface area contributed by atoms with Crippen LogP contribution >= 0.6 is 0 Å². The molecule has 0 amide bonds. The normalized spacial score (nSPS) is 33.3. The predicted octanol–water partition coefficient (Wildman–Crippen LogP) is 2.75. The van der Waals surface area contributed by atoms with Gasteiger partial charge >= 0.3 is 6.18 Å². The molecule has 0 aromatic heterocycles. The van der Waals surface area contributed by atoms with Crippen LogP contribution in [0.25, 0.3) is 0 Å². The first-order valence-electron chi connectivity index (χ1n) is 6.38. The number of hydrogen-bond acceptors (Lipinski definition) is 3. The van der Waals surface area contributed by atoms with E-state index >= 15 is 0 Å². The van der Waals surface area contributed by atoms with Crippen molar-refractivity contribution in [3.8, 4) is 0 Å². The summed E-state index contributed by atoms with van der Waals surface area (Å²) < 4.78 is 43.6. The predicted molar refractivity (Wildman–Crippen MR) is 65.5 cm³/mol. The molecule has 3 nitrogen and oxygen atoms in total. The fourth-order valence-electron chi connectivity index (χ4n) is 2.57. The smallest absolute Gasteiger partial charge is 0.366 e. The molecule has 0 aromatic rings. The van der Waals surface area contributed by atoms with Crippen LogP contribution in [-0.4, -0.2) is 31.3 Å². The molecule has 4 atom stereocenters. The number of methoxy groups -OCH3 is 1. The second-order valence-electron chi connectivity index (χ2n) is 6.28. The molecular formula is C13H22F3NO2. The topological polar surface area (TPSA) is 38.3 Å². The lowest BCUT2D eigenvalue weighted by Crippen LogP contribution is -2.60. The second kappa shape index (κ2) is 5.40. The first-order chi connectivity index (χ1) is 8.48. The fraction of sp³-hybridized carbons (Fsp3) is 0.923. The van der Waals surface area contributed by atoms with E-state index in [1.54, 1.807) is 20.8 Å². The van der Waals surface area contributed by atoms with Crippen molar-refractivity contribution in [2.24, 2.45) is 17.3 Å². The standard InChI is InChI=1S/C13H22F3NO2/c1-7-6-8(10(18)12(2,3)4)11(19-5)17-9(7)13(14,15)16/h7-9,11,17H,6H2,1-5H3. The van der Waals surface area contributed by atoms with Gasteiger partial charge in [-0.2, -0.15) is 13.2 Å². The highest BCUT2D eigenvalue weighted by Crippen LogP contribution is 2.37. The Balaban J connectivity index is 2.92. The van der Waals surface area contributed by atoms with Crippen LogP contribution in [0.3, 0.4) is 0 Å². The first-order valence-corrected chi connectivity index (χ1v) is 6.38. The van der Waals surface area contributed by atoms with Gasteiger partial charge in [-0.05, 0) is 12.3 Å². The summed E-state index contributed by atoms with van der Waals surface area (Å²) in [5.41, 5.74) is -0.589. The Hall–Kier alpha value is -0.620. The molecule has 1 rings (SSSR count). The van der Waals surface area contributed by atoms with Gasteiger partial charge < -0.3 is 4.74 Å². The van der Waals surface area contributed by atoms with Gasteiger partial charge in [0.25, 0.3) is 0 Å². The molecule has 0 spiro atoms. The highest BCUT2D eigenvalue weighted by Gasteiger charge is 2.51. The average molecular weight is 281 g/mol. The summed E-state index contributed by atoms with van der Waals surface area (Å²) >= 11 is 0. The van der Waals surface area contributed by atoms with Gasteiger partial charge in [0.1, 0.15) is 18.1 Å². The highest BCUT2D eigenvalue weighted by molar-refractivity contribution is 5.86. The first kappa shape index (κ1) is 16.4. The highest BCUT2D eigenvalue weighted by atomic mass is 19.4. The van der Waals surface area contributed by atoms with Gasteiger partial charge in [0, 0.05) is 12.5 Å². The number of halogens is 3. The molecule has 4 unspecified atom stereocenters. The lowest BCUT2D eigenvalue weighted by atomic mass is 9.75. The van der Waals surface area contributed by atoms with Crippen molar-refractivity contribution in [1.82, 2.24) is 5.32 Å². The van der Waals surface area contributed by atoms with Crippen molar-refractivity contribution in [3.05, 3.63) is 0 Å². The Morgan fingerprint density at radius 3 is 2.16 bits per heavy atom. The van der Waals surface area contributed by atoms with Crippen LogP contribution in [-0.2, 0) is 9.53 Å². The van der Waals surface area contributed by atoms with Crippen molar-refractivity contribution in [3.63, 3.8) is 0 Å². The molecule has 1 saturated heterocycles. The van der Waals surface area contributed by atoms with E-state index in [2.05, 4.69) is 5.32 Å². The lowest BCUT2D eigenvalue weighted by molar-refractivity contribution is -0.194. The molecule has 1 N–H and O–H groups in total. The molecule has 6 heteroatoms. The number of alkyl halides is 3. The van der Waals surface area contributed by atoms with Crippen LogP contribution in [0.4, 0.5) is 13.2 Å². The minimum atomic E-state index is -4.33. The number of ether oxygens (including phenoxy) is 1. The van der Waals surface area contributed by atoms with Gasteiger partial charge in [0.05, 0.1) is 5.92 Å². The van der Waals surface area contributed by atoms with Gasteiger partial charge in [0.2, 0.25) is 0 Å². The molecule has 1 aliphatic rings. The zero-order chi connectivity index (χ0) is 15.0. The quantitative estimate of drug-likeness (QED) is 0.846. The Labute approximate surface area is 111 Å². The number of carbonyl (C=O) groups excluding carboxylic acids is 1. The zero-order valence-corrected chi connectivity index (χ0v) is 12.0. The van der Waals surface area contributed by atoms with Crippen molar-refractivity contribution in [1.29, 1.82) is 0 Å². The van der Waals surface area contributed by atoms with E-state index in [0.29, 0.717) is 0 Å². The maximum Gasteiger partial charge on any atom is 0.404 e. The zero-order valence-electron chi connectivity index (χ0n) is 12.0. The minimum absolute atomic E-state index is 0.0701. The summed E-state index contributed by atoms with van der Waals surface area (Å²) in [6, 6.07) is -1.62. The summed E-state index contributed by atoms with van der Waals surface area (Å²) in [5, 5.41) is 2.43. The van der Waals surface area contributed by atoms with Crippen LogP contribution in [0.2, 0.25) is 0 Å². The van der Waals surface area contributed by atoms with E-state index in [4.69, 9.17) is 4.74 Å². The Morgan fingerprint density at radius 1 is 1.26 bits per heavy atom. The Bertz CT molecular complexity index is 336. The maximum absolute atomic E-state index is 12.9. The van der Waals surface area contributed by atoms with Crippen LogP contribution in [0.15, 0.2) is 0 Å². The third-order valence-corrected chi connectivity index (χ3v) is 3.59. The van der Waals surface area contributed by atoms with E-state index in [-0.39, 0.29) is 12.2 Å². The SMILES string of the molecule is COC1NC(C(F)(F)F)C(C)CC1C(=O)C(C)(C)C. The average Bonchev–Trinajstić information content (AvgIpc) is 2.24.